The van der Waals surface area contributed by atoms with Crippen LogP contribution in [0.15, 0.2) is 30.3 Å². The Morgan fingerprint density at radius 1 is 1.29 bits per heavy atom. The molecule has 1 aromatic carbocycles. The lowest BCUT2D eigenvalue weighted by atomic mass is 9.94. The van der Waals surface area contributed by atoms with E-state index in [1.54, 1.807) is 0 Å². The first-order valence-electron chi connectivity index (χ1n) is 10.1. The van der Waals surface area contributed by atoms with Gasteiger partial charge in [-0.25, -0.2) is 4.79 Å². The summed E-state index contributed by atoms with van der Waals surface area (Å²) in [5.41, 5.74) is 0.936. The number of nitrogens with zero attached hydrogens (tertiary/aromatic N) is 1. The van der Waals surface area contributed by atoms with Gasteiger partial charge in [0, 0.05) is 29.9 Å². The van der Waals surface area contributed by atoms with Crippen molar-refractivity contribution in [3.63, 3.8) is 0 Å². The molecule has 0 spiro atoms. The standard InChI is InChI=1S/C22H37N3O2S/c1-17(24-20(26)27-21(2,3)4)19(14-18-10-8-7-9-11-18)23-15-22(25(5)6)12-13-28-16-22/h7-11,17,19,23H,12-16H2,1-6H3,(H,24,26)/t17-,19-,22+/m0/s1. The van der Waals surface area contributed by atoms with E-state index in [4.69, 9.17) is 4.74 Å². The molecule has 2 N–H and O–H groups in total. The molecule has 1 amide bonds. The summed E-state index contributed by atoms with van der Waals surface area (Å²) in [5.74, 6) is 2.34. The number of ether oxygens (including phenoxy) is 1. The lowest BCUT2D eigenvalue weighted by Crippen LogP contribution is -2.58. The first kappa shape index (κ1) is 23.0. The van der Waals surface area contributed by atoms with E-state index >= 15 is 0 Å². The number of carbonyl (C=O) groups excluding carboxylic acids is 1. The van der Waals surface area contributed by atoms with Gasteiger partial charge in [0.25, 0.3) is 0 Å². The number of alkyl carbamates (subject to hydrolysis) is 1. The highest BCUT2D eigenvalue weighted by Crippen LogP contribution is 2.31. The number of nitrogens with one attached hydrogen (secondary N) is 2. The predicted octanol–water partition coefficient (Wildman–Crippen LogP) is 3.54. The third-order valence-corrected chi connectivity index (χ3v) is 6.61. The average molecular weight is 408 g/mol. The Kier molecular flexibility index (Phi) is 8.22. The molecule has 3 atom stereocenters. The van der Waals surface area contributed by atoms with Crippen LogP contribution in [-0.2, 0) is 11.2 Å². The molecule has 1 fully saturated rings. The zero-order chi connectivity index (χ0) is 20.8. The SMILES string of the molecule is C[C@H](NC(=O)OC(C)(C)C)[C@H](Cc1ccccc1)NC[C@]1(N(C)C)CCSC1. The van der Waals surface area contributed by atoms with Crippen LogP contribution >= 0.6 is 11.8 Å². The number of amides is 1. The molecule has 2 rings (SSSR count). The first-order chi connectivity index (χ1) is 13.1. The van der Waals surface area contributed by atoms with E-state index in [1.807, 2.05) is 38.6 Å². The first-order valence-corrected chi connectivity index (χ1v) is 11.3. The molecule has 1 heterocycles. The summed E-state index contributed by atoms with van der Waals surface area (Å²) in [4.78, 5) is 14.6. The highest BCUT2D eigenvalue weighted by atomic mass is 32.2. The highest BCUT2D eigenvalue weighted by Gasteiger charge is 2.37. The van der Waals surface area contributed by atoms with Crippen LogP contribution in [0.2, 0.25) is 0 Å². The summed E-state index contributed by atoms with van der Waals surface area (Å²) in [6, 6.07) is 10.5. The van der Waals surface area contributed by atoms with Gasteiger partial charge in [-0.05, 0) is 65.9 Å². The molecule has 0 bridgehead atoms. The fourth-order valence-corrected chi connectivity index (χ4v) is 5.01. The number of thioether (sulfide) groups is 1. The van der Waals surface area contributed by atoms with Crippen molar-refractivity contribution in [2.75, 3.05) is 32.1 Å². The fourth-order valence-electron chi connectivity index (χ4n) is 3.46. The average Bonchev–Trinajstić information content (AvgIpc) is 3.08. The Balaban J connectivity index is 2.06. The molecule has 0 aromatic heterocycles. The minimum Gasteiger partial charge on any atom is -0.444 e. The normalized spacial score (nSPS) is 22.1. The topological polar surface area (TPSA) is 53.6 Å². The smallest absolute Gasteiger partial charge is 0.407 e. The van der Waals surface area contributed by atoms with Crippen LogP contribution in [0.4, 0.5) is 4.79 Å². The molecule has 0 unspecified atom stereocenters. The number of benzene rings is 1. The monoisotopic (exact) mass is 407 g/mol. The molecule has 0 aliphatic carbocycles. The third kappa shape index (κ3) is 6.98. The largest absolute Gasteiger partial charge is 0.444 e. The summed E-state index contributed by atoms with van der Waals surface area (Å²) in [5, 5.41) is 6.81. The van der Waals surface area contributed by atoms with E-state index in [0.717, 1.165) is 18.7 Å². The molecular formula is C22H37N3O2S. The highest BCUT2D eigenvalue weighted by molar-refractivity contribution is 7.99. The van der Waals surface area contributed by atoms with E-state index < -0.39 is 5.60 Å². The van der Waals surface area contributed by atoms with Crippen LogP contribution in [0.5, 0.6) is 0 Å². The second kappa shape index (κ2) is 9.99. The zero-order valence-corrected chi connectivity index (χ0v) is 19.1. The van der Waals surface area contributed by atoms with Gasteiger partial charge in [-0.3, -0.25) is 0 Å². The molecule has 158 valence electrons. The van der Waals surface area contributed by atoms with Gasteiger partial charge in [-0.1, -0.05) is 30.3 Å². The minimum absolute atomic E-state index is 0.0525. The van der Waals surface area contributed by atoms with Crippen LogP contribution < -0.4 is 10.6 Å². The van der Waals surface area contributed by atoms with Crippen molar-refractivity contribution < 1.29 is 9.53 Å². The summed E-state index contributed by atoms with van der Waals surface area (Å²) in [7, 11) is 4.34. The van der Waals surface area contributed by atoms with Crippen molar-refractivity contribution in [1.29, 1.82) is 0 Å². The van der Waals surface area contributed by atoms with E-state index in [0.29, 0.717) is 0 Å². The van der Waals surface area contributed by atoms with E-state index in [9.17, 15) is 4.79 Å². The number of rotatable bonds is 8. The van der Waals surface area contributed by atoms with Gasteiger partial charge >= 0.3 is 6.09 Å². The third-order valence-electron chi connectivity index (χ3n) is 5.37. The molecule has 5 nitrogen and oxygen atoms in total. The Morgan fingerprint density at radius 3 is 2.50 bits per heavy atom. The molecular weight excluding hydrogens is 370 g/mol. The van der Waals surface area contributed by atoms with Gasteiger partial charge in [0.2, 0.25) is 0 Å². The Hall–Kier alpha value is -1.24. The second-order valence-electron chi connectivity index (χ2n) is 9.03. The van der Waals surface area contributed by atoms with Crippen molar-refractivity contribution in [1.82, 2.24) is 15.5 Å². The van der Waals surface area contributed by atoms with Crippen LogP contribution in [-0.4, -0.2) is 66.4 Å². The molecule has 1 aliphatic rings. The Morgan fingerprint density at radius 2 is 1.96 bits per heavy atom. The lowest BCUT2D eigenvalue weighted by Gasteiger charge is -2.38. The number of hydrogen-bond acceptors (Lipinski definition) is 5. The summed E-state index contributed by atoms with van der Waals surface area (Å²) < 4.78 is 5.46. The van der Waals surface area contributed by atoms with Crippen LogP contribution in [0.3, 0.4) is 0 Å². The van der Waals surface area contributed by atoms with E-state index in [1.165, 1.54) is 17.7 Å². The molecule has 28 heavy (non-hydrogen) atoms. The van der Waals surface area contributed by atoms with Crippen LogP contribution in [0.25, 0.3) is 0 Å². The molecule has 1 aromatic rings. The fraction of sp³-hybridized carbons (Fsp3) is 0.682. The lowest BCUT2D eigenvalue weighted by molar-refractivity contribution is 0.0495. The maximum atomic E-state index is 12.3. The minimum atomic E-state index is -0.498. The molecule has 0 saturated carbocycles. The quantitative estimate of drug-likeness (QED) is 0.690. The van der Waals surface area contributed by atoms with E-state index in [-0.39, 0.29) is 23.7 Å². The van der Waals surface area contributed by atoms with Gasteiger partial charge in [0.05, 0.1) is 0 Å². The van der Waals surface area contributed by atoms with Gasteiger partial charge in [-0.2, -0.15) is 11.8 Å². The molecule has 0 radical (unpaired) electrons. The molecule has 1 saturated heterocycles. The number of hydrogen-bond donors (Lipinski definition) is 2. The van der Waals surface area contributed by atoms with Crippen molar-refractivity contribution >= 4 is 17.9 Å². The summed E-state index contributed by atoms with van der Waals surface area (Å²) >= 11 is 2.02. The molecule has 6 heteroatoms. The van der Waals surface area contributed by atoms with Crippen molar-refractivity contribution in [2.45, 2.75) is 63.8 Å². The summed E-state index contributed by atoms with van der Waals surface area (Å²) in [6.45, 7) is 8.61. The van der Waals surface area contributed by atoms with Crippen molar-refractivity contribution in [2.24, 2.45) is 0 Å². The second-order valence-corrected chi connectivity index (χ2v) is 10.1. The number of carbonyl (C=O) groups is 1. The maximum absolute atomic E-state index is 12.3. The Labute approximate surface area is 175 Å². The van der Waals surface area contributed by atoms with Crippen LogP contribution in [0.1, 0.15) is 39.7 Å². The van der Waals surface area contributed by atoms with Gasteiger partial charge in [-0.15, -0.1) is 0 Å². The van der Waals surface area contributed by atoms with Gasteiger partial charge < -0.3 is 20.3 Å². The van der Waals surface area contributed by atoms with Gasteiger partial charge in [0.1, 0.15) is 5.60 Å². The van der Waals surface area contributed by atoms with E-state index in [2.05, 4.69) is 60.8 Å². The molecule has 1 aliphatic heterocycles. The predicted molar refractivity (Wildman–Crippen MR) is 119 cm³/mol. The summed E-state index contributed by atoms with van der Waals surface area (Å²) in [6.07, 6.45) is 1.68. The van der Waals surface area contributed by atoms with Crippen molar-refractivity contribution in [3.05, 3.63) is 35.9 Å². The van der Waals surface area contributed by atoms with Crippen molar-refractivity contribution in [3.8, 4) is 0 Å². The van der Waals surface area contributed by atoms with Gasteiger partial charge in [0.15, 0.2) is 0 Å². The van der Waals surface area contributed by atoms with Crippen LogP contribution in [0, 0.1) is 0 Å². The maximum Gasteiger partial charge on any atom is 0.407 e. The zero-order valence-electron chi connectivity index (χ0n) is 18.2. The Bertz CT molecular complexity index is 610. The number of likely N-dealkylation sites (N-methyl/N-ethyl adjacent to an activating group) is 1.